The lowest BCUT2D eigenvalue weighted by atomic mass is 10.1. The summed E-state index contributed by atoms with van der Waals surface area (Å²) >= 11 is 1.16. The second-order valence-electron chi connectivity index (χ2n) is 5.96. The van der Waals surface area contributed by atoms with E-state index in [2.05, 4.69) is 10.3 Å². The number of benzene rings is 1. The van der Waals surface area contributed by atoms with E-state index in [1.165, 1.54) is 6.07 Å². The Hall–Kier alpha value is -2.85. The van der Waals surface area contributed by atoms with Crippen LogP contribution in [-0.2, 0) is 9.53 Å². The van der Waals surface area contributed by atoms with E-state index in [0.717, 1.165) is 28.6 Å². The first kappa shape index (κ1) is 20.5. The molecular weight excluding hydrogens is 362 g/mol. The quantitative estimate of drug-likeness (QED) is 0.603. The summed E-state index contributed by atoms with van der Waals surface area (Å²) in [5.41, 5.74) is 3.77. The first-order chi connectivity index (χ1) is 12.8. The summed E-state index contributed by atoms with van der Waals surface area (Å²) in [4.78, 5) is 28.5. The number of rotatable bonds is 6. The van der Waals surface area contributed by atoms with Crippen molar-refractivity contribution < 1.29 is 14.3 Å². The van der Waals surface area contributed by atoms with Crippen LogP contribution in [0.1, 0.15) is 39.7 Å². The smallest absolute Gasteiger partial charge is 0.340 e. The lowest BCUT2D eigenvalue weighted by Gasteiger charge is -2.11. The number of aromatic nitrogens is 1. The summed E-state index contributed by atoms with van der Waals surface area (Å²) in [5, 5.41) is 12.6. The average molecular weight is 383 g/mol. The van der Waals surface area contributed by atoms with Crippen LogP contribution in [0.15, 0.2) is 29.3 Å². The van der Waals surface area contributed by atoms with Crippen molar-refractivity contribution >= 4 is 29.3 Å². The second-order valence-corrected chi connectivity index (χ2v) is 6.93. The van der Waals surface area contributed by atoms with Crippen LogP contribution in [-0.4, -0.2) is 29.2 Å². The van der Waals surface area contributed by atoms with E-state index in [9.17, 15) is 14.9 Å². The first-order valence-corrected chi connectivity index (χ1v) is 9.43. The van der Waals surface area contributed by atoms with Gasteiger partial charge in [-0.3, -0.25) is 4.79 Å². The van der Waals surface area contributed by atoms with Gasteiger partial charge in [-0.25, -0.2) is 9.78 Å². The Morgan fingerprint density at radius 1 is 1.26 bits per heavy atom. The van der Waals surface area contributed by atoms with E-state index in [4.69, 9.17) is 4.74 Å². The molecule has 1 heterocycles. The highest BCUT2D eigenvalue weighted by Crippen LogP contribution is 2.24. The minimum atomic E-state index is -0.511. The Morgan fingerprint density at radius 2 is 2.00 bits per heavy atom. The van der Waals surface area contributed by atoms with Crippen molar-refractivity contribution in [1.82, 2.24) is 4.98 Å². The van der Waals surface area contributed by atoms with Gasteiger partial charge in [-0.1, -0.05) is 23.9 Å². The van der Waals surface area contributed by atoms with Crippen molar-refractivity contribution in [2.45, 2.75) is 32.7 Å². The minimum Gasteiger partial charge on any atom is -0.462 e. The van der Waals surface area contributed by atoms with Crippen molar-refractivity contribution in [3.8, 4) is 6.07 Å². The van der Waals surface area contributed by atoms with Gasteiger partial charge in [-0.05, 0) is 51.0 Å². The van der Waals surface area contributed by atoms with Crippen LogP contribution in [0, 0.1) is 32.1 Å². The van der Waals surface area contributed by atoms with Gasteiger partial charge in [0.05, 0.1) is 29.2 Å². The third-order valence-electron chi connectivity index (χ3n) is 3.80. The fraction of sp³-hybridized carbons (Fsp3) is 0.300. The Kier molecular flexibility index (Phi) is 6.97. The van der Waals surface area contributed by atoms with Gasteiger partial charge in [0.25, 0.3) is 0 Å². The zero-order valence-electron chi connectivity index (χ0n) is 15.8. The molecule has 6 nitrogen and oxygen atoms in total. The van der Waals surface area contributed by atoms with Crippen LogP contribution in [0.4, 0.5) is 5.69 Å². The maximum absolute atomic E-state index is 12.3. The number of amides is 1. The molecule has 1 aromatic carbocycles. The molecule has 0 atom stereocenters. The fourth-order valence-electron chi connectivity index (χ4n) is 2.38. The van der Waals surface area contributed by atoms with Gasteiger partial charge in [-0.2, -0.15) is 5.26 Å². The Bertz CT molecular complexity index is 919. The third-order valence-corrected chi connectivity index (χ3v) is 4.79. The van der Waals surface area contributed by atoms with Gasteiger partial charge in [0, 0.05) is 5.69 Å². The second kappa shape index (κ2) is 9.19. The van der Waals surface area contributed by atoms with Crippen molar-refractivity contribution in [2.24, 2.45) is 0 Å². The number of hydrogen-bond donors (Lipinski definition) is 1. The SMILES string of the molecule is CCOC(=O)c1cc(C#N)c(SCC(=O)Nc2cc(C)ccc2C)nc1C. The molecule has 0 bridgehead atoms. The molecule has 0 saturated carbocycles. The number of pyridine rings is 1. The number of carbonyl (C=O) groups is 2. The van der Waals surface area contributed by atoms with Crippen LogP contribution in [0.5, 0.6) is 0 Å². The molecular formula is C20H21N3O3S. The normalized spacial score (nSPS) is 10.2. The molecule has 2 aromatic rings. The van der Waals surface area contributed by atoms with Crippen LogP contribution in [0.3, 0.4) is 0 Å². The fourth-order valence-corrected chi connectivity index (χ4v) is 3.18. The summed E-state index contributed by atoms with van der Waals surface area (Å²) in [6.45, 7) is 7.52. The lowest BCUT2D eigenvalue weighted by Crippen LogP contribution is -2.15. The highest BCUT2D eigenvalue weighted by atomic mass is 32.2. The van der Waals surface area contributed by atoms with Crippen LogP contribution < -0.4 is 5.32 Å². The Morgan fingerprint density at radius 3 is 2.67 bits per heavy atom. The van der Waals surface area contributed by atoms with Crippen LogP contribution in [0.2, 0.25) is 0 Å². The van der Waals surface area contributed by atoms with Crippen molar-refractivity contribution in [2.75, 3.05) is 17.7 Å². The van der Waals surface area contributed by atoms with E-state index in [1.54, 1.807) is 13.8 Å². The lowest BCUT2D eigenvalue weighted by molar-refractivity contribution is -0.113. The first-order valence-electron chi connectivity index (χ1n) is 8.44. The predicted molar refractivity (Wildman–Crippen MR) is 105 cm³/mol. The molecule has 0 radical (unpaired) electrons. The summed E-state index contributed by atoms with van der Waals surface area (Å²) in [6, 6.07) is 9.33. The van der Waals surface area contributed by atoms with Gasteiger partial charge in [0.1, 0.15) is 11.1 Å². The molecule has 0 aliphatic heterocycles. The number of nitrogens with one attached hydrogen (secondary N) is 1. The largest absolute Gasteiger partial charge is 0.462 e. The highest BCUT2D eigenvalue weighted by Gasteiger charge is 2.17. The zero-order chi connectivity index (χ0) is 20.0. The number of esters is 1. The molecule has 0 saturated heterocycles. The standard InChI is InChI=1S/C20H21N3O3S/c1-5-26-20(25)16-9-15(10-21)19(22-14(16)4)27-11-18(24)23-17-8-12(2)6-7-13(17)3/h6-9H,5,11H2,1-4H3,(H,23,24). The van der Waals surface area contributed by atoms with Gasteiger partial charge < -0.3 is 10.1 Å². The van der Waals surface area contributed by atoms with Gasteiger partial charge in [-0.15, -0.1) is 0 Å². The number of carbonyl (C=O) groups excluding carboxylic acids is 2. The van der Waals surface area contributed by atoms with Crippen LogP contribution in [0.25, 0.3) is 0 Å². The molecule has 27 heavy (non-hydrogen) atoms. The molecule has 0 fully saturated rings. The molecule has 0 aliphatic carbocycles. The van der Waals surface area contributed by atoms with Crippen molar-refractivity contribution in [3.63, 3.8) is 0 Å². The number of hydrogen-bond acceptors (Lipinski definition) is 6. The maximum atomic E-state index is 12.3. The summed E-state index contributed by atoms with van der Waals surface area (Å²) in [6.07, 6.45) is 0. The zero-order valence-corrected chi connectivity index (χ0v) is 16.6. The minimum absolute atomic E-state index is 0.104. The molecule has 1 aromatic heterocycles. The average Bonchev–Trinajstić information content (AvgIpc) is 2.63. The monoisotopic (exact) mass is 383 g/mol. The predicted octanol–water partition coefficient (Wildman–Crippen LogP) is 3.79. The third kappa shape index (κ3) is 5.31. The van der Waals surface area contributed by atoms with Gasteiger partial charge >= 0.3 is 5.97 Å². The van der Waals surface area contributed by atoms with E-state index in [0.29, 0.717) is 10.7 Å². The van der Waals surface area contributed by atoms with Gasteiger partial charge in [0.2, 0.25) is 5.91 Å². The molecule has 1 N–H and O–H groups in total. The topological polar surface area (TPSA) is 92.1 Å². The van der Waals surface area contributed by atoms with Crippen molar-refractivity contribution in [1.29, 1.82) is 5.26 Å². The molecule has 140 valence electrons. The molecule has 1 amide bonds. The molecule has 0 spiro atoms. The number of aryl methyl sites for hydroxylation is 3. The Balaban J connectivity index is 2.12. The van der Waals surface area contributed by atoms with E-state index in [1.807, 2.05) is 38.1 Å². The number of ether oxygens (including phenoxy) is 1. The summed E-state index contributed by atoms with van der Waals surface area (Å²) in [5.74, 6) is -0.595. The van der Waals surface area contributed by atoms with Crippen LogP contribution >= 0.6 is 11.8 Å². The van der Waals surface area contributed by atoms with E-state index < -0.39 is 5.97 Å². The number of thioether (sulfide) groups is 1. The summed E-state index contributed by atoms with van der Waals surface area (Å²) in [7, 11) is 0. The summed E-state index contributed by atoms with van der Waals surface area (Å²) < 4.78 is 4.97. The van der Waals surface area contributed by atoms with E-state index >= 15 is 0 Å². The maximum Gasteiger partial charge on any atom is 0.340 e. The van der Waals surface area contributed by atoms with Gasteiger partial charge in [0.15, 0.2) is 0 Å². The molecule has 7 heteroatoms. The molecule has 0 unspecified atom stereocenters. The van der Waals surface area contributed by atoms with Crippen molar-refractivity contribution in [3.05, 3.63) is 52.2 Å². The molecule has 0 aliphatic rings. The molecule has 2 rings (SSSR count). The number of nitrogens with zero attached hydrogens (tertiary/aromatic N) is 2. The Labute approximate surface area is 162 Å². The van der Waals surface area contributed by atoms with E-state index in [-0.39, 0.29) is 29.4 Å². The highest BCUT2D eigenvalue weighted by molar-refractivity contribution is 8.00. The number of nitriles is 1. The number of anilines is 1.